The van der Waals surface area contributed by atoms with Gasteiger partial charge in [-0.25, -0.2) is 4.98 Å². The van der Waals surface area contributed by atoms with Crippen LogP contribution in [0, 0.1) is 0 Å². The van der Waals surface area contributed by atoms with Crippen molar-refractivity contribution in [3.8, 4) is 0 Å². The highest BCUT2D eigenvalue weighted by molar-refractivity contribution is 6.29. The van der Waals surface area contributed by atoms with E-state index in [1.165, 1.54) is 18.5 Å². The second-order valence-electron chi connectivity index (χ2n) is 4.14. The van der Waals surface area contributed by atoms with Crippen LogP contribution in [0.3, 0.4) is 0 Å². The third-order valence-electron chi connectivity index (χ3n) is 2.92. The van der Waals surface area contributed by atoms with Crippen LogP contribution in [-0.4, -0.2) is 17.6 Å². The van der Waals surface area contributed by atoms with Gasteiger partial charge in [-0.05, 0) is 31.9 Å². The molecule has 90 valence electrons. The first-order valence-electron chi connectivity index (χ1n) is 6.07. The molecule has 0 fully saturated rings. The quantitative estimate of drug-likeness (QED) is 0.695. The van der Waals surface area contributed by atoms with Crippen LogP contribution in [0.25, 0.3) is 0 Å². The van der Waals surface area contributed by atoms with Crippen molar-refractivity contribution in [3.05, 3.63) is 23.5 Å². The maximum absolute atomic E-state index is 5.93. The molecular formula is C13H21ClN2. The fraction of sp³-hybridized carbons (Fsp3) is 0.615. The Morgan fingerprint density at radius 3 is 2.75 bits per heavy atom. The number of hydrogen-bond donors (Lipinski definition) is 0. The Bertz CT molecular complexity index is 315. The smallest absolute Gasteiger partial charge is 0.131 e. The topological polar surface area (TPSA) is 16.1 Å². The van der Waals surface area contributed by atoms with Gasteiger partial charge in [-0.15, -0.1) is 0 Å². The summed E-state index contributed by atoms with van der Waals surface area (Å²) >= 11 is 5.93. The minimum atomic E-state index is 0.546. The van der Waals surface area contributed by atoms with Gasteiger partial charge in [0.15, 0.2) is 0 Å². The van der Waals surface area contributed by atoms with Gasteiger partial charge >= 0.3 is 0 Å². The second-order valence-corrected chi connectivity index (χ2v) is 4.53. The average Bonchev–Trinajstić information content (AvgIpc) is 2.29. The van der Waals surface area contributed by atoms with Gasteiger partial charge in [0.1, 0.15) is 5.15 Å². The first kappa shape index (κ1) is 13.3. The monoisotopic (exact) mass is 240 g/mol. The van der Waals surface area contributed by atoms with E-state index in [1.54, 1.807) is 6.20 Å². The van der Waals surface area contributed by atoms with Crippen LogP contribution >= 0.6 is 11.6 Å². The van der Waals surface area contributed by atoms with Gasteiger partial charge < -0.3 is 4.90 Å². The van der Waals surface area contributed by atoms with E-state index in [4.69, 9.17) is 11.6 Å². The van der Waals surface area contributed by atoms with Crippen LogP contribution in [0.1, 0.15) is 40.0 Å². The standard InChI is InChI=1S/C13H21ClN2/c1-4-6-9-16(11(3)5-2)12-7-8-15-13(14)10-12/h7-8,10-11H,4-6,9H2,1-3H3. The van der Waals surface area contributed by atoms with Crippen LogP contribution in [0.5, 0.6) is 0 Å². The van der Waals surface area contributed by atoms with Crippen molar-refractivity contribution in [1.82, 2.24) is 4.98 Å². The summed E-state index contributed by atoms with van der Waals surface area (Å²) in [5.74, 6) is 0. The molecular weight excluding hydrogens is 220 g/mol. The number of unbranched alkanes of at least 4 members (excludes halogenated alkanes) is 1. The summed E-state index contributed by atoms with van der Waals surface area (Å²) < 4.78 is 0. The first-order valence-corrected chi connectivity index (χ1v) is 6.45. The summed E-state index contributed by atoms with van der Waals surface area (Å²) in [5.41, 5.74) is 1.18. The summed E-state index contributed by atoms with van der Waals surface area (Å²) in [4.78, 5) is 6.44. The molecule has 0 N–H and O–H groups in total. The van der Waals surface area contributed by atoms with E-state index in [9.17, 15) is 0 Å². The van der Waals surface area contributed by atoms with Crippen molar-refractivity contribution < 1.29 is 0 Å². The normalized spacial score (nSPS) is 12.5. The zero-order valence-corrected chi connectivity index (χ0v) is 11.2. The van der Waals surface area contributed by atoms with E-state index in [0.29, 0.717) is 11.2 Å². The van der Waals surface area contributed by atoms with Crippen LogP contribution in [0.15, 0.2) is 18.3 Å². The number of aromatic nitrogens is 1. The van der Waals surface area contributed by atoms with Crippen molar-refractivity contribution in [3.63, 3.8) is 0 Å². The fourth-order valence-electron chi connectivity index (χ4n) is 1.72. The Morgan fingerprint density at radius 1 is 1.44 bits per heavy atom. The third kappa shape index (κ3) is 3.67. The zero-order valence-electron chi connectivity index (χ0n) is 10.4. The maximum Gasteiger partial charge on any atom is 0.131 e. The molecule has 0 radical (unpaired) electrons. The predicted molar refractivity (Wildman–Crippen MR) is 71.3 cm³/mol. The zero-order chi connectivity index (χ0) is 12.0. The van der Waals surface area contributed by atoms with Crippen molar-refractivity contribution >= 4 is 17.3 Å². The van der Waals surface area contributed by atoms with Crippen LogP contribution in [0.2, 0.25) is 5.15 Å². The molecule has 2 nitrogen and oxygen atoms in total. The molecule has 0 aliphatic heterocycles. The molecule has 0 aromatic carbocycles. The lowest BCUT2D eigenvalue weighted by Gasteiger charge is -2.30. The highest BCUT2D eigenvalue weighted by Gasteiger charge is 2.12. The molecule has 0 amide bonds. The molecule has 1 aromatic heterocycles. The number of halogens is 1. The van der Waals surface area contributed by atoms with E-state index in [-0.39, 0.29) is 0 Å². The molecule has 0 aliphatic rings. The largest absolute Gasteiger partial charge is 0.369 e. The molecule has 0 bridgehead atoms. The lowest BCUT2D eigenvalue weighted by Crippen LogP contribution is -2.33. The highest BCUT2D eigenvalue weighted by atomic mass is 35.5. The van der Waals surface area contributed by atoms with Gasteiger partial charge in [0.2, 0.25) is 0 Å². The van der Waals surface area contributed by atoms with Gasteiger partial charge in [-0.3, -0.25) is 0 Å². The first-order chi connectivity index (χ1) is 7.69. The summed E-state index contributed by atoms with van der Waals surface area (Å²) in [7, 11) is 0. The van der Waals surface area contributed by atoms with Crippen molar-refractivity contribution in [2.75, 3.05) is 11.4 Å². The fourth-order valence-corrected chi connectivity index (χ4v) is 1.89. The molecule has 1 aromatic rings. The van der Waals surface area contributed by atoms with Gasteiger partial charge in [-0.1, -0.05) is 31.9 Å². The lowest BCUT2D eigenvalue weighted by molar-refractivity contribution is 0.595. The summed E-state index contributed by atoms with van der Waals surface area (Å²) in [5, 5.41) is 0.572. The van der Waals surface area contributed by atoms with Crippen molar-refractivity contribution in [2.45, 2.75) is 46.1 Å². The van der Waals surface area contributed by atoms with Crippen molar-refractivity contribution in [1.29, 1.82) is 0 Å². The van der Waals surface area contributed by atoms with E-state index in [0.717, 1.165) is 13.0 Å². The summed E-state index contributed by atoms with van der Waals surface area (Å²) in [6, 6.07) is 4.53. The summed E-state index contributed by atoms with van der Waals surface area (Å²) in [6.45, 7) is 7.77. The van der Waals surface area contributed by atoms with Crippen LogP contribution in [-0.2, 0) is 0 Å². The summed E-state index contributed by atoms with van der Waals surface area (Å²) in [6.07, 6.45) is 5.35. The minimum absolute atomic E-state index is 0.546. The van der Waals surface area contributed by atoms with Crippen molar-refractivity contribution in [2.24, 2.45) is 0 Å². The van der Waals surface area contributed by atoms with E-state index < -0.39 is 0 Å². The van der Waals surface area contributed by atoms with E-state index in [1.807, 2.05) is 12.1 Å². The Kier molecular flexibility index (Phi) is 5.61. The second kappa shape index (κ2) is 6.74. The predicted octanol–water partition coefficient (Wildman–Crippen LogP) is 4.14. The molecule has 3 heteroatoms. The Labute approximate surface area is 104 Å². The number of anilines is 1. The van der Waals surface area contributed by atoms with E-state index in [2.05, 4.69) is 30.7 Å². The molecule has 1 unspecified atom stereocenters. The molecule has 0 spiro atoms. The number of hydrogen-bond acceptors (Lipinski definition) is 2. The number of rotatable bonds is 6. The molecule has 0 saturated carbocycles. The average molecular weight is 241 g/mol. The van der Waals surface area contributed by atoms with Gasteiger partial charge in [0.05, 0.1) is 0 Å². The molecule has 0 aliphatic carbocycles. The van der Waals surface area contributed by atoms with E-state index >= 15 is 0 Å². The lowest BCUT2D eigenvalue weighted by atomic mass is 10.1. The highest BCUT2D eigenvalue weighted by Crippen LogP contribution is 2.21. The molecule has 1 heterocycles. The minimum Gasteiger partial charge on any atom is -0.369 e. The maximum atomic E-state index is 5.93. The molecule has 1 atom stereocenters. The number of pyridine rings is 1. The SMILES string of the molecule is CCCCN(c1ccnc(Cl)c1)C(C)CC. The molecule has 0 saturated heterocycles. The van der Waals surface area contributed by atoms with Gasteiger partial charge in [-0.2, -0.15) is 0 Å². The third-order valence-corrected chi connectivity index (χ3v) is 3.12. The molecule has 1 rings (SSSR count). The van der Waals surface area contributed by atoms with Gasteiger partial charge in [0.25, 0.3) is 0 Å². The Morgan fingerprint density at radius 2 is 2.19 bits per heavy atom. The van der Waals surface area contributed by atoms with Gasteiger partial charge in [0, 0.05) is 24.5 Å². The Hall–Kier alpha value is -0.760. The van der Waals surface area contributed by atoms with Crippen LogP contribution < -0.4 is 4.90 Å². The Balaban J connectivity index is 2.82. The number of nitrogens with zero attached hydrogens (tertiary/aromatic N) is 2. The molecule has 16 heavy (non-hydrogen) atoms. The van der Waals surface area contributed by atoms with Crippen LogP contribution in [0.4, 0.5) is 5.69 Å².